The lowest BCUT2D eigenvalue weighted by Crippen LogP contribution is -2.12. The molecule has 3 nitrogen and oxygen atoms in total. The van der Waals surface area contributed by atoms with Gasteiger partial charge in [0, 0.05) is 29.2 Å². The first-order chi connectivity index (χ1) is 7.72. The molecule has 0 aliphatic carbocycles. The Labute approximate surface area is 95.0 Å². The van der Waals surface area contributed by atoms with Gasteiger partial charge in [0.05, 0.1) is 11.4 Å². The molecular formula is C13H15N3. The molecule has 0 radical (unpaired) electrons. The first-order valence-corrected chi connectivity index (χ1v) is 5.23. The standard InChI is InChI=1S/C13H15N3/c1-3-9(2)16-12-5-4-10-8-15-7-6-11(10)13(12)14/h3-9,16H,1,14H2,2H3. The molecule has 0 saturated carbocycles. The summed E-state index contributed by atoms with van der Waals surface area (Å²) in [4.78, 5) is 4.07. The molecular weight excluding hydrogens is 198 g/mol. The Morgan fingerprint density at radius 3 is 3.00 bits per heavy atom. The van der Waals surface area contributed by atoms with E-state index in [0.29, 0.717) is 0 Å². The maximum Gasteiger partial charge on any atom is 0.0630 e. The van der Waals surface area contributed by atoms with Gasteiger partial charge in [-0.05, 0) is 19.1 Å². The average Bonchev–Trinajstić information content (AvgIpc) is 2.33. The van der Waals surface area contributed by atoms with Crippen molar-refractivity contribution in [3.8, 4) is 0 Å². The third-order valence-corrected chi connectivity index (χ3v) is 2.60. The number of aromatic nitrogens is 1. The summed E-state index contributed by atoms with van der Waals surface area (Å²) in [5.74, 6) is 0. The third-order valence-electron chi connectivity index (χ3n) is 2.60. The molecule has 82 valence electrons. The molecule has 1 atom stereocenters. The van der Waals surface area contributed by atoms with Crippen LogP contribution in [0.2, 0.25) is 0 Å². The molecule has 0 aliphatic rings. The highest BCUT2D eigenvalue weighted by atomic mass is 14.9. The summed E-state index contributed by atoms with van der Waals surface area (Å²) in [5, 5.41) is 5.37. The van der Waals surface area contributed by atoms with Crippen molar-refractivity contribution >= 4 is 22.1 Å². The van der Waals surface area contributed by atoms with Crippen molar-refractivity contribution in [2.45, 2.75) is 13.0 Å². The van der Waals surface area contributed by atoms with Gasteiger partial charge in [-0.3, -0.25) is 4.98 Å². The first kappa shape index (κ1) is 10.5. The van der Waals surface area contributed by atoms with Gasteiger partial charge in [-0.2, -0.15) is 0 Å². The Morgan fingerprint density at radius 2 is 2.25 bits per heavy atom. The average molecular weight is 213 g/mol. The summed E-state index contributed by atoms with van der Waals surface area (Å²) in [6.07, 6.45) is 5.40. The lowest BCUT2D eigenvalue weighted by atomic mass is 10.1. The summed E-state index contributed by atoms with van der Waals surface area (Å²) in [6.45, 7) is 5.77. The van der Waals surface area contributed by atoms with Crippen LogP contribution in [0.4, 0.5) is 11.4 Å². The molecule has 2 aromatic rings. The fourth-order valence-corrected chi connectivity index (χ4v) is 1.62. The topological polar surface area (TPSA) is 50.9 Å². The van der Waals surface area contributed by atoms with Crippen LogP contribution < -0.4 is 11.1 Å². The molecule has 1 heterocycles. The van der Waals surface area contributed by atoms with Crippen LogP contribution in [0.3, 0.4) is 0 Å². The van der Waals surface area contributed by atoms with Gasteiger partial charge in [-0.25, -0.2) is 0 Å². The predicted octanol–water partition coefficient (Wildman–Crippen LogP) is 2.80. The third kappa shape index (κ3) is 1.84. The zero-order valence-corrected chi connectivity index (χ0v) is 9.27. The highest BCUT2D eigenvalue weighted by molar-refractivity contribution is 5.98. The number of hydrogen-bond donors (Lipinski definition) is 2. The van der Waals surface area contributed by atoms with Gasteiger partial charge in [-0.15, -0.1) is 6.58 Å². The van der Waals surface area contributed by atoms with E-state index >= 15 is 0 Å². The fraction of sp³-hybridized carbons (Fsp3) is 0.154. The predicted molar refractivity (Wildman–Crippen MR) is 69.4 cm³/mol. The van der Waals surface area contributed by atoms with Gasteiger partial charge in [-0.1, -0.05) is 12.1 Å². The van der Waals surface area contributed by atoms with Crippen molar-refractivity contribution in [3.05, 3.63) is 43.2 Å². The van der Waals surface area contributed by atoms with Crippen LogP contribution in [-0.2, 0) is 0 Å². The molecule has 1 unspecified atom stereocenters. The molecule has 0 aliphatic heterocycles. The van der Waals surface area contributed by atoms with Crippen molar-refractivity contribution in [3.63, 3.8) is 0 Å². The van der Waals surface area contributed by atoms with Crippen LogP contribution in [0, 0.1) is 0 Å². The van der Waals surface area contributed by atoms with Crippen LogP contribution >= 0.6 is 0 Å². The number of nitrogen functional groups attached to an aromatic ring is 1. The monoisotopic (exact) mass is 213 g/mol. The van der Waals surface area contributed by atoms with E-state index in [4.69, 9.17) is 5.73 Å². The number of benzene rings is 1. The Morgan fingerprint density at radius 1 is 1.44 bits per heavy atom. The number of nitrogens with two attached hydrogens (primary N) is 1. The zero-order valence-electron chi connectivity index (χ0n) is 9.27. The Balaban J connectivity index is 2.48. The van der Waals surface area contributed by atoms with Crippen molar-refractivity contribution < 1.29 is 0 Å². The second kappa shape index (κ2) is 4.23. The first-order valence-electron chi connectivity index (χ1n) is 5.23. The van der Waals surface area contributed by atoms with E-state index in [9.17, 15) is 0 Å². The number of anilines is 2. The number of nitrogens with zero attached hydrogens (tertiary/aromatic N) is 1. The van der Waals surface area contributed by atoms with E-state index < -0.39 is 0 Å². The summed E-state index contributed by atoms with van der Waals surface area (Å²) in [6, 6.07) is 6.10. The number of hydrogen-bond acceptors (Lipinski definition) is 3. The normalized spacial score (nSPS) is 12.3. The molecule has 0 fully saturated rings. The van der Waals surface area contributed by atoms with Gasteiger partial charge >= 0.3 is 0 Å². The minimum Gasteiger partial charge on any atom is -0.397 e. The van der Waals surface area contributed by atoms with Gasteiger partial charge in [0.2, 0.25) is 0 Å². The highest BCUT2D eigenvalue weighted by Crippen LogP contribution is 2.28. The highest BCUT2D eigenvalue weighted by Gasteiger charge is 2.05. The minimum absolute atomic E-state index is 0.196. The van der Waals surface area contributed by atoms with Crippen molar-refractivity contribution in [2.24, 2.45) is 0 Å². The van der Waals surface area contributed by atoms with E-state index in [1.165, 1.54) is 0 Å². The maximum atomic E-state index is 6.10. The van der Waals surface area contributed by atoms with E-state index in [1.807, 2.05) is 37.4 Å². The Bertz CT molecular complexity index is 520. The second-order valence-corrected chi connectivity index (χ2v) is 3.79. The molecule has 16 heavy (non-hydrogen) atoms. The van der Waals surface area contributed by atoms with Crippen LogP contribution in [-0.4, -0.2) is 11.0 Å². The van der Waals surface area contributed by atoms with Crippen LogP contribution in [0.25, 0.3) is 10.8 Å². The van der Waals surface area contributed by atoms with Crippen molar-refractivity contribution in [1.82, 2.24) is 4.98 Å². The van der Waals surface area contributed by atoms with Gasteiger partial charge < -0.3 is 11.1 Å². The number of rotatable bonds is 3. The second-order valence-electron chi connectivity index (χ2n) is 3.79. The smallest absolute Gasteiger partial charge is 0.0630 e. The van der Waals surface area contributed by atoms with Crippen LogP contribution in [0.1, 0.15) is 6.92 Å². The molecule has 3 N–H and O–H groups in total. The molecule has 0 saturated heterocycles. The number of pyridine rings is 1. The van der Waals surface area contributed by atoms with E-state index in [-0.39, 0.29) is 6.04 Å². The lowest BCUT2D eigenvalue weighted by molar-refractivity contribution is 1.00. The fourth-order valence-electron chi connectivity index (χ4n) is 1.62. The molecule has 2 rings (SSSR count). The summed E-state index contributed by atoms with van der Waals surface area (Å²) >= 11 is 0. The Hall–Kier alpha value is -2.03. The maximum absolute atomic E-state index is 6.10. The van der Waals surface area contributed by atoms with Gasteiger partial charge in [0.1, 0.15) is 0 Å². The van der Waals surface area contributed by atoms with Crippen LogP contribution in [0.15, 0.2) is 43.2 Å². The van der Waals surface area contributed by atoms with Crippen molar-refractivity contribution in [1.29, 1.82) is 0 Å². The van der Waals surface area contributed by atoms with Gasteiger partial charge in [0.25, 0.3) is 0 Å². The number of fused-ring (bicyclic) bond motifs is 1. The van der Waals surface area contributed by atoms with Crippen LogP contribution in [0.5, 0.6) is 0 Å². The molecule has 0 amide bonds. The quantitative estimate of drug-likeness (QED) is 0.609. The van der Waals surface area contributed by atoms with Crippen molar-refractivity contribution in [2.75, 3.05) is 11.1 Å². The lowest BCUT2D eigenvalue weighted by Gasteiger charge is -2.14. The molecule has 0 bridgehead atoms. The molecule has 1 aromatic heterocycles. The van der Waals surface area contributed by atoms with E-state index in [1.54, 1.807) is 6.20 Å². The summed E-state index contributed by atoms with van der Waals surface area (Å²) in [7, 11) is 0. The minimum atomic E-state index is 0.196. The SMILES string of the molecule is C=CC(C)Nc1ccc2cnccc2c1N. The molecule has 0 spiro atoms. The Kier molecular flexibility index (Phi) is 2.77. The number of nitrogens with one attached hydrogen (secondary N) is 1. The van der Waals surface area contributed by atoms with E-state index in [2.05, 4.69) is 16.9 Å². The van der Waals surface area contributed by atoms with E-state index in [0.717, 1.165) is 22.1 Å². The van der Waals surface area contributed by atoms with Gasteiger partial charge in [0.15, 0.2) is 0 Å². The zero-order chi connectivity index (χ0) is 11.5. The molecule has 3 heteroatoms. The summed E-state index contributed by atoms with van der Waals surface area (Å²) in [5.41, 5.74) is 7.79. The largest absolute Gasteiger partial charge is 0.397 e. The summed E-state index contributed by atoms with van der Waals surface area (Å²) < 4.78 is 0. The molecule has 1 aromatic carbocycles.